The first-order valence-corrected chi connectivity index (χ1v) is 5.59. The molecular weight excluding hydrogens is 178 g/mol. The molecule has 2 N–H and O–H groups in total. The first kappa shape index (κ1) is 8.04. The second kappa shape index (κ2) is 2.02. The summed E-state index contributed by atoms with van der Waals surface area (Å²) in [4.78, 5) is 10.9. The number of rotatable bonds is 3. The van der Waals surface area contributed by atoms with E-state index in [4.69, 9.17) is 5.73 Å². The van der Waals surface area contributed by atoms with Crippen molar-refractivity contribution in [2.45, 2.75) is 35.7 Å². The van der Waals surface area contributed by atoms with Gasteiger partial charge < -0.3 is 5.73 Å². The normalized spacial score (nSPS) is 26.7. The van der Waals surface area contributed by atoms with Gasteiger partial charge >= 0.3 is 0 Å². The highest BCUT2D eigenvalue weighted by molar-refractivity contribution is 7.94. The molecule has 0 spiro atoms. The monoisotopic (exact) mass is 189 g/mol. The average molecular weight is 189 g/mol. The van der Waals surface area contributed by atoms with Crippen LogP contribution in [0.4, 0.5) is 0 Å². The van der Waals surface area contributed by atoms with E-state index in [-0.39, 0.29) is 5.25 Å². The summed E-state index contributed by atoms with van der Waals surface area (Å²) in [6, 6.07) is 0. The number of sulfone groups is 1. The van der Waals surface area contributed by atoms with E-state index in [2.05, 4.69) is 0 Å². The Labute approximate surface area is 71.0 Å². The van der Waals surface area contributed by atoms with E-state index in [1.807, 2.05) is 0 Å². The molecule has 5 heteroatoms. The summed E-state index contributed by atoms with van der Waals surface area (Å²) in [5, 5.41) is -0.271. The minimum absolute atomic E-state index is 0.271. The molecule has 0 aliphatic heterocycles. The quantitative estimate of drug-likeness (QED) is 0.655. The van der Waals surface area contributed by atoms with E-state index < -0.39 is 20.5 Å². The Hall–Kier alpha value is -0.580. The van der Waals surface area contributed by atoms with Gasteiger partial charge in [0.05, 0.1) is 5.25 Å². The van der Waals surface area contributed by atoms with Gasteiger partial charge in [-0.25, -0.2) is 8.42 Å². The summed E-state index contributed by atoms with van der Waals surface area (Å²) >= 11 is 0. The van der Waals surface area contributed by atoms with Crippen LogP contribution in [0.5, 0.6) is 0 Å². The van der Waals surface area contributed by atoms with E-state index in [9.17, 15) is 13.2 Å². The summed E-state index contributed by atoms with van der Waals surface area (Å²) in [5.41, 5.74) is 5.07. The number of primary amides is 1. The summed E-state index contributed by atoms with van der Waals surface area (Å²) in [5.74, 6) is -0.658. The predicted octanol–water partition coefficient (Wildman–Crippen LogP) is -0.419. The molecule has 0 atom stereocenters. The fourth-order valence-corrected chi connectivity index (χ4v) is 3.83. The van der Waals surface area contributed by atoms with Crippen LogP contribution in [0.1, 0.15) is 25.7 Å². The van der Waals surface area contributed by atoms with Gasteiger partial charge in [0.15, 0.2) is 14.6 Å². The topological polar surface area (TPSA) is 77.2 Å². The van der Waals surface area contributed by atoms with Gasteiger partial charge in [0.1, 0.15) is 0 Å². The number of amides is 1. The standard InChI is InChI=1S/C7H11NO3S/c8-6(9)7(3-4-7)12(10,11)5-1-2-5/h5H,1-4H2,(H2,8,9). The highest BCUT2D eigenvalue weighted by atomic mass is 32.2. The predicted molar refractivity (Wildman–Crippen MR) is 43.1 cm³/mol. The molecular formula is C7H11NO3S. The molecule has 2 fully saturated rings. The Morgan fingerprint density at radius 1 is 1.33 bits per heavy atom. The smallest absolute Gasteiger partial charge is 0.238 e. The SMILES string of the molecule is NC(=O)C1(S(=O)(=O)C2CC2)CC1. The molecule has 2 aliphatic rings. The van der Waals surface area contributed by atoms with Crippen LogP contribution in [0, 0.1) is 0 Å². The van der Waals surface area contributed by atoms with E-state index in [1.165, 1.54) is 0 Å². The second-order valence-electron chi connectivity index (χ2n) is 3.60. The molecule has 2 saturated carbocycles. The molecule has 0 unspecified atom stereocenters. The van der Waals surface area contributed by atoms with E-state index >= 15 is 0 Å². The Bertz CT molecular complexity index is 325. The largest absolute Gasteiger partial charge is 0.368 e. The lowest BCUT2D eigenvalue weighted by Gasteiger charge is -2.10. The van der Waals surface area contributed by atoms with Crippen LogP contribution in [0.2, 0.25) is 0 Å². The fourth-order valence-electron chi connectivity index (χ4n) is 1.48. The number of hydrogen-bond acceptors (Lipinski definition) is 3. The number of hydrogen-bond donors (Lipinski definition) is 1. The van der Waals surface area contributed by atoms with Gasteiger partial charge in [-0.3, -0.25) is 4.79 Å². The molecule has 68 valence electrons. The lowest BCUT2D eigenvalue weighted by atomic mass is 10.4. The maximum Gasteiger partial charge on any atom is 0.238 e. The van der Waals surface area contributed by atoms with Crippen molar-refractivity contribution >= 4 is 15.7 Å². The zero-order chi connectivity index (χ0) is 8.98. The van der Waals surface area contributed by atoms with Crippen LogP contribution >= 0.6 is 0 Å². The zero-order valence-corrected chi connectivity index (χ0v) is 7.43. The molecule has 0 aromatic rings. The maximum atomic E-state index is 11.6. The third-order valence-corrected chi connectivity index (χ3v) is 5.71. The van der Waals surface area contributed by atoms with Gasteiger partial charge in [0.2, 0.25) is 5.91 Å². The summed E-state index contributed by atoms with van der Waals surface area (Å²) < 4.78 is 22.1. The van der Waals surface area contributed by atoms with Crippen LogP contribution < -0.4 is 5.73 Å². The van der Waals surface area contributed by atoms with Gasteiger partial charge in [-0.2, -0.15) is 0 Å². The van der Waals surface area contributed by atoms with E-state index in [0.717, 1.165) is 0 Å². The van der Waals surface area contributed by atoms with Crippen molar-refractivity contribution in [1.29, 1.82) is 0 Å². The molecule has 4 nitrogen and oxygen atoms in total. The minimum Gasteiger partial charge on any atom is -0.368 e. The maximum absolute atomic E-state index is 11.6. The summed E-state index contributed by atoms with van der Waals surface area (Å²) in [6.07, 6.45) is 2.27. The summed E-state index contributed by atoms with van der Waals surface area (Å²) in [6.45, 7) is 0. The first-order chi connectivity index (χ1) is 5.51. The third kappa shape index (κ3) is 0.827. The molecule has 2 rings (SSSR count). The molecule has 0 aromatic heterocycles. The molecule has 2 aliphatic carbocycles. The van der Waals surface area contributed by atoms with Gasteiger partial charge in [0.25, 0.3) is 0 Å². The van der Waals surface area contributed by atoms with Crippen molar-refractivity contribution in [3.63, 3.8) is 0 Å². The highest BCUT2D eigenvalue weighted by Crippen LogP contribution is 2.49. The molecule has 0 bridgehead atoms. The second-order valence-corrected chi connectivity index (χ2v) is 6.14. The lowest BCUT2D eigenvalue weighted by Crippen LogP contribution is -2.40. The van der Waals surface area contributed by atoms with Crippen molar-refractivity contribution in [2.24, 2.45) is 5.73 Å². The van der Waals surface area contributed by atoms with Gasteiger partial charge in [-0.1, -0.05) is 0 Å². The Morgan fingerprint density at radius 3 is 2.08 bits per heavy atom. The number of carbonyl (C=O) groups excluding carboxylic acids is 1. The van der Waals surface area contributed by atoms with E-state index in [1.54, 1.807) is 0 Å². The van der Waals surface area contributed by atoms with Crippen molar-refractivity contribution < 1.29 is 13.2 Å². The van der Waals surface area contributed by atoms with Crippen molar-refractivity contribution in [1.82, 2.24) is 0 Å². The summed E-state index contributed by atoms with van der Waals surface area (Å²) in [7, 11) is -3.23. The van der Waals surface area contributed by atoms with Crippen LogP contribution in [0.3, 0.4) is 0 Å². The van der Waals surface area contributed by atoms with Crippen molar-refractivity contribution in [3.8, 4) is 0 Å². The highest BCUT2D eigenvalue weighted by Gasteiger charge is 2.63. The van der Waals surface area contributed by atoms with E-state index in [0.29, 0.717) is 25.7 Å². The van der Waals surface area contributed by atoms with Crippen LogP contribution in [0.25, 0.3) is 0 Å². The van der Waals surface area contributed by atoms with Crippen molar-refractivity contribution in [3.05, 3.63) is 0 Å². The molecule has 0 saturated heterocycles. The average Bonchev–Trinajstić information content (AvgIpc) is 2.84. The minimum atomic E-state index is -3.23. The molecule has 0 radical (unpaired) electrons. The molecule has 12 heavy (non-hydrogen) atoms. The van der Waals surface area contributed by atoms with Crippen LogP contribution in [0.15, 0.2) is 0 Å². The van der Waals surface area contributed by atoms with Gasteiger partial charge in [-0.05, 0) is 25.7 Å². The Balaban J connectivity index is 2.34. The Morgan fingerprint density at radius 2 is 1.83 bits per heavy atom. The molecule has 0 heterocycles. The third-order valence-electron chi connectivity index (χ3n) is 2.66. The van der Waals surface area contributed by atoms with Gasteiger partial charge in [0, 0.05) is 0 Å². The first-order valence-electron chi connectivity index (χ1n) is 4.04. The number of nitrogens with two attached hydrogens (primary N) is 1. The van der Waals surface area contributed by atoms with Crippen molar-refractivity contribution in [2.75, 3.05) is 0 Å². The zero-order valence-electron chi connectivity index (χ0n) is 6.62. The lowest BCUT2D eigenvalue weighted by molar-refractivity contribution is -0.118. The Kier molecular flexibility index (Phi) is 1.35. The van der Waals surface area contributed by atoms with Crippen LogP contribution in [-0.4, -0.2) is 24.3 Å². The number of carbonyl (C=O) groups is 1. The van der Waals surface area contributed by atoms with Crippen LogP contribution in [-0.2, 0) is 14.6 Å². The molecule has 1 amide bonds. The van der Waals surface area contributed by atoms with Gasteiger partial charge in [-0.15, -0.1) is 0 Å². The fraction of sp³-hybridized carbons (Fsp3) is 0.857. The molecule has 0 aromatic carbocycles.